The Morgan fingerprint density at radius 2 is 1.89 bits per heavy atom. The summed E-state index contributed by atoms with van der Waals surface area (Å²) < 4.78 is 19.3. The van der Waals surface area contributed by atoms with Crippen molar-refractivity contribution in [1.82, 2.24) is 4.57 Å². The van der Waals surface area contributed by atoms with E-state index in [1.165, 1.54) is 23.5 Å². The maximum absolute atomic E-state index is 14.3. The molecule has 3 heterocycles. The smallest absolute Gasteiger partial charge is 0.338 e. The summed E-state index contributed by atoms with van der Waals surface area (Å²) in [5.74, 6) is -0.156. The predicted octanol–water partition coefficient (Wildman–Crippen LogP) is 5.70. The number of nitrogens with zero attached hydrogens (tertiary/aromatic N) is 2. The average molecular weight is 623 g/mol. The lowest BCUT2D eigenvalue weighted by Crippen LogP contribution is -2.40. The van der Waals surface area contributed by atoms with Gasteiger partial charge in [-0.3, -0.25) is 9.36 Å². The number of hydrogen-bond acceptors (Lipinski definition) is 8. The molecule has 9 nitrogen and oxygen atoms in total. The number of allylic oxidation sites excluding steroid dienone is 1. The summed E-state index contributed by atoms with van der Waals surface area (Å²) in [6.45, 7) is 3.92. The fourth-order valence-corrected chi connectivity index (χ4v) is 6.65. The summed E-state index contributed by atoms with van der Waals surface area (Å²) in [5.41, 5.74) is 1.95. The molecule has 5 aromatic rings. The van der Waals surface area contributed by atoms with Crippen molar-refractivity contribution >= 4 is 40.1 Å². The standard InChI is InChI=1S/C35H30N2O7S/c1-4-9-25-30(34(41)43-5-2)31(29-24-13-7-6-10-20(24)14-16-27(29)42-3)37-32(38)28(45-35(37)36-25)19-23-15-17-26(44-23)21-11-8-12-22(18-21)33(39)40/h6-8,10-19,31H,4-5,9H2,1-3H3,(H,39,40)/b28-19+/t31-/m1/s1. The lowest BCUT2D eigenvalue weighted by Gasteiger charge is -2.28. The van der Waals surface area contributed by atoms with Gasteiger partial charge in [-0.2, -0.15) is 0 Å². The number of aromatic nitrogens is 1. The normalized spacial score (nSPS) is 14.7. The van der Waals surface area contributed by atoms with Crippen LogP contribution in [0.2, 0.25) is 0 Å². The Labute approximate surface area is 262 Å². The van der Waals surface area contributed by atoms with Gasteiger partial charge in [0.15, 0.2) is 4.80 Å². The molecule has 10 heteroatoms. The summed E-state index contributed by atoms with van der Waals surface area (Å²) >= 11 is 1.21. The molecule has 2 aromatic heterocycles. The number of hydrogen-bond donors (Lipinski definition) is 1. The molecule has 0 fully saturated rings. The highest BCUT2D eigenvalue weighted by molar-refractivity contribution is 7.07. The van der Waals surface area contributed by atoms with Crippen LogP contribution in [0, 0.1) is 0 Å². The first kappa shape index (κ1) is 29.8. The highest BCUT2D eigenvalue weighted by Crippen LogP contribution is 2.41. The Hall–Kier alpha value is -5.22. The molecule has 6 rings (SSSR count). The first-order chi connectivity index (χ1) is 21.8. The van der Waals surface area contributed by atoms with E-state index in [2.05, 4.69) is 0 Å². The monoisotopic (exact) mass is 622 g/mol. The summed E-state index contributed by atoms with van der Waals surface area (Å²) in [7, 11) is 1.57. The van der Waals surface area contributed by atoms with Crippen LogP contribution in [-0.2, 0) is 9.53 Å². The lowest BCUT2D eigenvalue weighted by atomic mass is 9.90. The van der Waals surface area contributed by atoms with E-state index in [0.29, 0.717) is 55.4 Å². The second kappa shape index (κ2) is 12.4. The number of carboxylic acids is 1. The number of thiazole rings is 1. The van der Waals surface area contributed by atoms with Crippen LogP contribution < -0.4 is 19.6 Å². The minimum atomic E-state index is -1.04. The van der Waals surface area contributed by atoms with Crippen LogP contribution in [0.1, 0.15) is 54.4 Å². The van der Waals surface area contributed by atoms with Crippen LogP contribution >= 0.6 is 11.3 Å². The predicted molar refractivity (Wildman–Crippen MR) is 171 cm³/mol. The maximum atomic E-state index is 14.3. The molecule has 0 bridgehead atoms. The Morgan fingerprint density at radius 3 is 2.64 bits per heavy atom. The molecule has 45 heavy (non-hydrogen) atoms. The van der Waals surface area contributed by atoms with E-state index in [-0.39, 0.29) is 17.7 Å². The van der Waals surface area contributed by atoms with Gasteiger partial charge >= 0.3 is 11.9 Å². The van der Waals surface area contributed by atoms with Crippen molar-refractivity contribution in [3.05, 3.63) is 121 Å². The van der Waals surface area contributed by atoms with Crippen LogP contribution in [-0.4, -0.2) is 35.3 Å². The van der Waals surface area contributed by atoms with E-state index < -0.39 is 18.0 Å². The van der Waals surface area contributed by atoms with Gasteiger partial charge in [0.05, 0.1) is 35.1 Å². The van der Waals surface area contributed by atoms with Gasteiger partial charge in [0.1, 0.15) is 23.3 Å². The number of rotatable bonds is 9. The summed E-state index contributed by atoms with van der Waals surface area (Å²) in [6, 6.07) is 20.6. The van der Waals surface area contributed by atoms with E-state index in [9.17, 15) is 19.5 Å². The van der Waals surface area contributed by atoms with Crippen molar-refractivity contribution < 1.29 is 28.6 Å². The highest BCUT2D eigenvalue weighted by atomic mass is 32.1. The molecular weight excluding hydrogens is 592 g/mol. The molecular formula is C35H30N2O7S. The van der Waals surface area contributed by atoms with Crippen molar-refractivity contribution in [3.8, 4) is 17.1 Å². The van der Waals surface area contributed by atoms with E-state index in [1.54, 1.807) is 48.9 Å². The van der Waals surface area contributed by atoms with Crippen molar-refractivity contribution in [1.29, 1.82) is 0 Å². The zero-order valence-corrected chi connectivity index (χ0v) is 25.7. The van der Waals surface area contributed by atoms with Gasteiger partial charge in [-0.05, 0) is 54.4 Å². The van der Waals surface area contributed by atoms with E-state index in [1.807, 2.05) is 43.3 Å². The minimum Gasteiger partial charge on any atom is -0.496 e. The Morgan fingerprint density at radius 1 is 1.07 bits per heavy atom. The van der Waals surface area contributed by atoms with Crippen LogP contribution in [0.3, 0.4) is 0 Å². The van der Waals surface area contributed by atoms with Crippen molar-refractivity contribution in [2.24, 2.45) is 4.99 Å². The number of furan rings is 1. The summed E-state index contributed by atoms with van der Waals surface area (Å²) in [5, 5.41) is 11.2. The number of esters is 1. The number of methoxy groups -OCH3 is 1. The third kappa shape index (κ3) is 5.49. The quantitative estimate of drug-likeness (QED) is 0.210. The molecule has 1 aliphatic rings. The summed E-state index contributed by atoms with van der Waals surface area (Å²) in [6.07, 6.45) is 2.88. The van der Waals surface area contributed by atoms with Crippen LogP contribution in [0.25, 0.3) is 28.2 Å². The number of carbonyl (C=O) groups excluding carboxylic acids is 1. The number of aromatic carboxylic acids is 1. The first-order valence-electron chi connectivity index (χ1n) is 14.6. The molecule has 0 unspecified atom stereocenters. The third-order valence-electron chi connectivity index (χ3n) is 7.61. The zero-order valence-electron chi connectivity index (χ0n) is 24.9. The van der Waals surface area contributed by atoms with Gasteiger partial charge in [0, 0.05) is 17.2 Å². The molecule has 228 valence electrons. The van der Waals surface area contributed by atoms with Gasteiger partial charge < -0.3 is 19.0 Å². The van der Waals surface area contributed by atoms with Gasteiger partial charge in [-0.1, -0.05) is 67.1 Å². The van der Waals surface area contributed by atoms with E-state index >= 15 is 0 Å². The van der Waals surface area contributed by atoms with Crippen LogP contribution in [0.15, 0.2) is 98.3 Å². The van der Waals surface area contributed by atoms with Crippen molar-refractivity contribution in [3.63, 3.8) is 0 Å². The average Bonchev–Trinajstić information content (AvgIpc) is 3.64. The fourth-order valence-electron chi connectivity index (χ4n) is 5.65. The molecule has 1 atom stereocenters. The molecule has 0 saturated carbocycles. The molecule has 0 radical (unpaired) electrons. The van der Waals surface area contributed by atoms with Gasteiger partial charge in [-0.25, -0.2) is 14.6 Å². The molecule has 1 aliphatic heterocycles. The van der Waals surface area contributed by atoms with Gasteiger partial charge in [0.2, 0.25) is 0 Å². The fraction of sp³-hybridized carbons (Fsp3) is 0.200. The molecule has 0 spiro atoms. The van der Waals surface area contributed by atoms with Gasteiger partial charge in [-0.15, -0.1) is 0 Å². The third-order valence-corrected chi connectivity index (χ3v) is 8.59. The molecule has 1 N–H and O–H groups in total. The highest BCUT2D eigenvalue weighted by Gasteiger charge is 2.37. The second-order valence-electron chi connectivity index (χ2n) is 10.4. The number of fused-ring (bicyclic) bond motifs is 2. The van der Waals surface area contributed by atoms with Gasteiger partial charge in [0.25, 0.3) is 5.56 Å². The molecule has 0 saturated heterocycles. The molecule has 0 aliphatic carbocycles. The van der Waals surface area contributed by atoms with Crippen molar-refractivity contribution in [2.75, 3.05) is 13.7 Å². The van der Waals surface area contributed by atoms with Crippen LogP contribution in [0.4, 0.5) is 0 Å². The first-order valence-corrected chi connectivity index (χ1v) is 15.4. The summed E-state index contributed by atoms with van der Waals surface area (Å²) in [4.78, 5) is 44.7. The second-order valence-corrected chi connectivity index (χ2v) is 11.4. The Kier molecular flexibility index (Phi) is 8.23. The minimum absolute atomic E-state index is 0.142. The number of benzene rings is 3. The van der Waals surface area contributed by atoms with Crippen molar-refractivity contribution in [2.45, 2.75) is 32.7 Å². The topological polar surface area (TPSA) is 120 Å². The SMILES string of the molecule is CCCC1=C(C(=O)OCC)[C@@H](c2c(OC)ccc3ccccc23)n2c(s/c(=C/c3ccc(-c4cccc(C(=O)O)c4)o3)c2=O)=N1. The zero-order chi connectivity index (χ0) is 31.7. The van der Waals surface area contributed by atoms with E-state index in [4.69, 9.17) is 18.9 Å². The molecule has 0 amide bonds. The Balaban J connectivity index is 1.58. The van der Waals surface area contributed by atoms with E-state index in [0.717, 1.165) is 17.2 Å². The molecule has 3 aromatic carbocycles. The number of carboxylic acid groups (broad SMARTS) is 1. The number of ether oxygens (including phenoxy) is 2. The Bertz CT molecular complexity index is 2170. The van der Waals surface area contributed by atoms with Crippen LogP contribution in [0.5, 0.6) is 5.75 Å². The largest absolute Gasteiger partial charge is 0.496 e. The number of carbonyl (C=O) groups is 2. The lowest BCUT2D eigenvalue weighted by molar-refractivity contribution is -0.139. The maximum Gasteiger partial charge on any atom is 0.338 e.